The topological polar surface area (TPSA) is 75.4 Å². The lowest BCUT2D eigenvalue weighted by molar-refractivity contribution is -0.145. The van der Waals surface area contributed by atoms with Crippen LogP contribution in [0, 0.1) is 11.8 Å². The van der Waals surface area contributed by atoms with Crippen molar-refractivity contribution in [3.63, 3.8) is 0 Å². The molecule has 0 spiro atoms. The zero-order valence-electron chi connectivity index (χ0n) is 11.4. The highest BCUT2D eigenvalue weighted by molar-refractivity contribution is 6.35. The molecule has 0 aromatic carbocycles. The molecule has 104 valence electrons. The molecule has 0 bridgehead atoms. The standard InChI is InChI=1S/C13H25N3O2/c1-10(2)11-4-3-8-16(9-5-11)13(18)12(17)15-7-6-14/h10-11H,3-9,14H2,1-2H3,(H,15,17). The van der Waals surface area contributed by atoms with Crippen LogP contribution in [0.2, 0.25) is 0 Å². The molecule has 1 aliphatic heterocycles. The van der Waals surface area contributed by atoms with E-state index in [1.165, 1.54) is 0 Å². The van der Waals surface area contributed by atoms with E-state index in [0.29, 0.717) is 38.0 Å². The summed E-state index contributed by atoms with van der Waals surface area (Å²) in [7, 11) is 0. The molecule has 5 heteroatoms. The fourth-order valence-electron chi connectivity index (χ4n) is 2.40. The smallest absolute Gasteiger partial charge is 0.311 e. The summed E-state index contributed by atoms with van der Waals surface area (Å²) in [5.41, 5.74) is 5.29. The van der Waals surface area contributed by atoms with E-state index >= 15 is 0 Å². The van der Waals surface area contributed by atoms with Crippen molar-refractivity contribution < 1.29 is 9.59 Å². The first-order valence-corrected chi connectivity index (χ1v) is 6.83. The van der Waals surface area contributed by atoms with Gasteiger partial charge >= 0.3 is 11.8 Å². The van der Waals surface area contributed by atoms with Crippen molar-refractivity contribution in [1.29, 1.82) is 0 Å². The number of carbonyl (C=O) groups is 2. The SMILES string of the molecule is CC(C)C1CCCN(C(=O)C(=O)NCCN)CC1. The molecule has 2 amide bonds. The van der Waals surface area contributed by atoms with Gasteiger partial charge in [0.25, 0.3) is 0 Å². The van der Waals surface area contributed by atoms with Crippen molar-refractivity contribution >= 4 is 11.8 Å². The van der Waals surface area contributed by atoms with Crippen molar-refractivity contribution in [1.82, 2.24) is 10.2 Å². The lowest BCUT2D eigenvalue weighted by atomic mass is 9.89. The summed E-state index contributed by atoms with van der Waals surface area (Å²) in [5.74, 6) is 0.373. The number of amides is 2. The minimum atomic E-state index is -0.525. The summed E-state index contributed by atoms with van der Waals surface area (Å²) >= 11 is 0. The molecule has 0 saturated carbocycles. The zero-order chi connectivity index (χ0) is 13.5. The predicted molar refractivity (Wildman–Crippen MR) is 70.8 cm³/mol. The first-order chi connectivity index (χ1) is 8.56. The Labute approximate surface area is 109 Å². The Hall–Kier alpha value is -1.10. The first-order valence-electron chi connectivity index (χ1n) is 6.83. The highest BCUT2D eigenvalue weighted by atomic mass is 16.2. The van der Waals surface area contributed by atoms with E-state index < -0.39 is 11.8 Å². The van der Waals surface area contributed by atoms with Crippen LogP contribution in [-0.2, 0) is 9.59 Å². The largest absolute Gasteiger partial charge is 0.347 e. The van der Waals surface area contributed by atoms with Gasteiger partial charge in [0, 0.05) is 26.2 Å². The van der Waals surface area contributed by atoms with Crippen molar-refractivity contribution in [3.05, 3.63) is 0 Å². The molecule has 1 heterocycles. The van der Waals surface area contributed by atoms with E-state index in [0.717, 1.165) is 19.3 Å². The van der Waals surface area contributed by atoms with Gasteiger partial charge < -0.3 is 16.0 Å². The Morgan fingerprint density at radius 3 is 2.67 bits per heavy atom. The summed E-state index contributed by atoms with van der Waals surface area (Å²) < 4.78 is 0. The second kappa shape index (κ2) is 7.36. The molecule has 18 heavy (non-hydrogen) atoms. The third kappa shape index (κ3) is 4.29. The number of hydrogen-bond acceptors (Lipinski definition) is 3. The van der Waals surface area contributed by atoms with Crippen LogP contribution in [0.15, 0.2) is 0 Å². The van der Waals surface area contributed by atoms with Crippen LogP contribution >= 0.6 is 0 Å². The molecular formula is C13H25N3O2. The van der Waals surface area contributed by atoms with Crippen LogP contribution in [0.5, 0.6) is 0 Å². The van der Waals surface area contributed by atoms with E-state index in [9.17, 15) is 9.59 Å². The molecular weight excluding hydrogens is 230 g/mol. The van der Waals surface area contributed by atoms with Gasteiger partial charge in [0.2, 0.25) is 0 Å². The third-order valence-electron chi connectivity index (χ3n) is 3.63. The lowest BCUT2D eigenvalue weighted by Gasteiger charge is -2.21. The molecule has 1 aliphatic rings. The maximum atomic E-state index is 11.9. The summed E-state index contributed by atoms with van der Waals surface area (Å²) in [6.07, 6.45) is 3.12. The van der Waals surface area contributed by atoms with Crippen LogP contribution in [0.1, 0.15) is 33.1 Å². The monoisotopic (exact) mass is 255 g/mol. The number of rotatable bonds is 3. The Bertz CT molecular complexity index is 292. The Morgan fingerprint density at radius 2 is 2.06 bits per heavy atom. The molecule has 0 aromatic rings. The van der Waals surface area contributed by atoms with Gasteiger partial charge in [-0.2, -0.15) is 0 Å². The van der Waals surface area contributed by atoms with Crippen LogP contribution < -0.4 is 11.1 Å². The number of hydrogen-bond donors (Lipinski definition) is 2. The molecule has 1 rings (SSSR count). The molecule has 1 saturated heterocycles. The highest BCUT2D eigenvalue weighted by Crippen LogP contribution is 2.24. The molecule has 1 unspecified atom stereocenters. The first kappa shape index (κ1) is 15.0. The van der Waals surface area contributed by atoms with E-state index in [1.54, 1.807) is 4.90 Å². The highest BCUT2D eigenvalue weighted by Gasteiger charge is 2.25. The van der Waals surface area contributed by atoms with Gasteiger partial charge in [-0.1, -0.05) is 13.8 Å². The van der Waals surface area contributed by atoms with E-state index in [1.807, 2.05) is 0 Å². The second-order valence-electron chi connectivity index (χ2n) is 5.27. The van der Waals surface area contributed by atoms with E-state index in [-0.39, 0.29) is 0 Å². The van der Waals surface area contributed by atoms with Crippen LogP contribution in [0.3, 0.4) is 0 Å². The van der Waals surface area contributed by atoms with Crippen LogP contribution in [-0.4, -0.2) is 42.9 Å². The van der Waals surface area contributed by atoms with Gasteiger partial charge in [-0.15, -0.1) is 0 Å². The van der Waals surface area contributed by atoms with Crippen molar-refractivity contribution in [2.75, 3.05) is 26.2 Å². The normalized spacial score (nSPS) is 20.7. The number of nitrogens with one attached hydrogen (secondary N) is 1. The Morgan fingerprint density at radius 1 is 1.33 bits per heavy atom. The van der Waals surface area contributed by atoms with E-state index in [2.05, 4.69) is 19.2 Å². The molecule has 0 radical (unpaired) electrons. The molecule has 1 atom stereocenters. The summed E-state index contributed by atoms with van der Waals surface area (Å²) in [5, 5.41) is 2.53. The van der Waals surface area contributed by atoms with Gasteiger partial charge in [0.1, 0.15) is 0 Å². The summed E-state index contributed by atoms with van der Waals surface area (Å²) in [4.78, 5) is 25.2. The van der Waals surface area contributed by atoms with E-state index in [4.69, 9.17) is 5.73 Å². The predicted octanol–water partition coefficient (Wildman–Crippen LogP) is 0.346. The van der Waals surface area contributed by atoms with Crippen LogP contribution in [0.25, 0.3) is 0 Å². The Kier molecular flexibility index (Phi) is 6.12. The minimum Gasteiger partial charge on any atom is -0.347 e. The van der Waals surface area contributed by atoms with Gasteiger partial charge in [-0.25, -0.2) is 0 Å². The number of likely N-dealkylation sites (tertiary alicyclic amines) is 1. The van der Waals surface area contributed by atoms with Gasteiger partial charge in [0.15, 0.2) is 0 Å². The van der Waals surface area contributed by atoms with Crippen molar-refractivity contribution in [3.8, 4) is 0 Å². The van der Waals surface area contributed by atoms with Crippen molar-refractivity contribution in [2.24, 2.45) is 17.6 Å². The second-order valence-corrected chi connectivity index (χ2v) is 5.27. The lowest BCUT2D eigenvalue weighted by Crippen LogP contribution is -2.44. The van der Waals surface area contributed by atoms with Gasteiger partial charge in [-0.3, -0.25) is 9.59 Å². The molecule has 0 aromatic heterocycles. The fraction of sp³-hybridized carbons (Fsp3) is 0.846. The average Bonchev–Trinajstić information content (AvgIpc) is 2.60. The van der Waals surface area contributed by atoms with Gasteiger partial charge in [-0.05, 0) is 31.1 Å². The van der Waals surface area contributed by atoms with Crippen LogP contribution in [0.4, 0.5) is 0 Å². The summed E-state index contributed by atoms with van der Waals surface area (Å²) in [6.45, 7) is 6.53. The number of nitrogens with zero attached hydrogens (tertiary/aromatic N) is 1. The average molecular weight is 255 g/mol. The minimum absolute atomic E-state index is 0.354. The van der Waals surface area contributed by atoms with Crippen molar-refractivity contribution in [2.45, 2.75) is 33.1 Å². The molecule has 3 N–H and O–H groups in total. The maximum absolute atomic E-state index is 11.9. The Balaban J connectivity index is 2.47. The summed E-state index contributed by atoms with van der Waals surface area (Å²) in [6, 6.07) is 0. The molecule has 1 fully saturated rings. The number of carbonyl (C=O) groups excluding carboxylic acids is 2. The number of nitrogens with two attached hydrogens (primary N) is 1. The third-order valence-corrected chi connectivity index (χ3v) is 3.63. The van der Waals surface area contributed by atoms with Gasteiger partial charge in [0.05, 0.1) is 0 Å². The fourth-order valence-corrected chi connectivity index (χ4v) is 2.40. The quantitative estimate of drug-likeness (QED) is 0.714. The zero-order valence-corrected chi connectivity index (χ0v) is 11.4. The molecule has 0 aliphatic carbocycles. The maximum Gasteiger partial charge on any atom is 0.311 e. The molecule has 5 nitrogen and oxygen atoms in total.